The SMILES string of the molecule is O=[N+]([O-])c1ccc(C2NCCc3cc(O)c(O)cc32)cc1. The van der Waals surface area contributed by atoms with Gasteiger partial charge in [0.25, 0.3) is 5.69 Å². The Kier molecular flexibility index (Phi) is 3.23. The molecule has 3 N–H and O–H groups in total. The molecule has 0 aromatic heterocycles. The van der Waals surface area contributed by atoms with Crippen molar-refractivity contribution < 1.29 is 15.1 Å². The van der Waals surface area contributed by atoms with Crippen LogP contribution >= 0.6 is 0 Å². The summed E-state index contributed by atoms with van der Waals surface area (Å²) < 4.78 is 0. The molecule has 0 bridgehead atoms. The number of aromatic hydroxyl groups is 2. The van der Waals surface area contributed by atoms with Gasteiger partial charge >= 0.3 is 0 Å². The van der Waals surface area contributed by atoms with Gasteiger partial charge in [-0.1, -0.05) is 12.1 Å². The molecule has 0 saturated carbocycles. The number of rotatable bonds is 2. The molecule has 0 aliphatic carbocycles. The van der Waals surface area contributed by atoms with Crippen molar-refractivity contribution in [3.05, 3.63) is 63.2 Å². The summed E-state index contributed by atoms with van der Waals surface area (Å²) in [5.74, 6) is -0.289. The summed E-state index contributed by atoms with van der Waals surface area (Å²) in [4.78, 5) is 10.3. The van der Waals surface area contributed by atoms with Crippen LogP contribution in [0.25, 0.3) is 0 Å². The molecule has 0 fully saturated rings. The molecule has 0 spiro atoms. The first-order chi connectivity index (χ1) is 10.1. The standard InChI is InChI=1S/C15H14N2O4/c18-13-7-10-5-6-16-15(12(10)8-14(13)19)9-1-3-11(4-2-9)17(20)21/h1-4,7-8,15-16,18-19H,5-6H2. The Hall–Kier alpha value is -2.60. The van der Waals surface area contributed by atoms with Gasteiger partial charge in [-0.25, -0.2) is 0 Å². The van der Waals surface area contributed by atoms with E-state index < -0.39 is 4.92 Å². The Balaban J connectivity index is 2.01. The Morgan fingerprint density at radius 3 is 2.48 bits per heavy atom. The molecule has 6 heteroatoms. The zero-order valence-corrected chi connectivity index (χ0v) is 11.1. The number of nitro benzene ring substituents is 1. The van der Waals surface area contributed by atoms with E-state index in [1.54, 1.807) is 24.3 Å². The summed E-state index contributed by atoms with van der Waals surface area (Å²) in [6.07, 6.45) is 0.757. The fourth-order valence-corrected chi connectivity index (χ4v) is 2.67. The van der Waals surface area contributed by atoms with Gasteiger partial charge in [-0.3, -0.25) is 10.1 Å². The lowest BCUT2D eigenvalue weighted by Gasteiger charge is -2.27. The zero-order chi connectivity index (χ0) is 15.0. The van der Waals surface area contributed by atoms with E-state index in [0.29, 0.717) is 0 Å². The summed E-state index contributed by atoms with van der Waals surface area (Å²) in [5, 5.41) is 33.3. The van der Waals surface area contributed by atoms with Crippen LogP contribution < -0.4 is 5.32 Å². The molecule has 108 valence electrons. The summed E-state index contributed by atoms with van der Waals surface area (Å²) in [7, 11) is 0. The number of benzene rings is 2. The first-order valence-corrected chi connectivity index (χ1v) is 6.59. The number of phenols is 2. The molecule has 0 saturated heterocycles. The van der Waals surface area contributed by atoms with E-state index in [4.69, 9.17) is 0 Å². The lowest BCUT2D eigenvalue weighted by atomic mass is 9.89. The van der Waals surface area contributed by atoms with Gasteiger partial charge in [0.2, 0.25) is 0 Å². The van der Waals surface area contributed by atoms with Crippen LogP contribution in [0.15, 0.2) is 36.4 Å². The Morgan fingerprint density at radius 2 is 1.81 bits per heavy atom. The van der Waals surface area contributed by atoms with Gasteiger partial charge in [0.15, 0.2) is 11.5 Å². The molecule has 2 aromatic carbocycles. The first kappa shape index (κ1) is 13.4. The Bertz CT molecular complexity index is 698. The van der Waals surface area contributed by atoms with Crippen LogP contribution in [-0.2, 0) is 6.42 Å². The summed E-state index contributed by atoms with van der Waals surface area (Å²) in [6, 6.07) is 9.30. The minimum absolute atomic E-state index is 0.0448. The van der Waals surface area contributed by atoms with E-state index in [2.05, 4.69) is 5.32 Å². The fraction of sp³-hybridized carbons (Fsp3) is 0.200. The van der Waals surface area contributed by atoms with Crippen molar-refractivity contribution in [2.75, 3.05) is 6.54 Å². The highest BCUT2D eigenvalue weighted by atomic mass is 16.6. The van der Waals surface area contributed by atoms with Gasteiger partial charge < -0.3 is 15.5 Å². The molecule has 21 heavy (non-hydrogen) atoms. The number of hydrogen-bond donors (Lipinski definition) is 3. The van der Waals surface area contributed by atoms with Crippen molar-refractivity contribution in [2.24, 2.45) is 0 Å². The Labute approximate surface area is 120 Å². The predicted octanol–water partition coefficient (Wildman–Crippen LogP) is 2.24. The third-order valence-electron chi connectivity index (χ3n) is 3.73. The van der Waals surface area contributed by atoms with Crippen LogP contribution in [0.3, 0.4) is 0 Å². The van der Waals surface area contributed by atoms with Gasteiger partial charge in [0, 0.05) is 18.7 Å². The van der Waals surface area contributed by atoms with Crippen molar-refractivity contribution in [3.63, 3.8) is 0 Å². The average molecular weight is 286 g/mol. The number of hydrogen-bond acceptors (Lipinski definition) is 5. The van der Waals surface area contributed by atoms with Crippen LogP contribution in [0.2, 0.25) is 0 Å². The lowest BCUT2D eigenvalue weighted by Crippen LogP contribution is -2.30. The second kappa shape index (κ2) is 5.06. The maximum Gasteiger partial charge on any atom is 0.269 e. The lowest BCUT2D eigenvalue weighted by molar-refractivity contribution is -0.384. The van der Waals surface area contributed by atoms with Gasteiger partial charge in [-0.05, 0) is 35.2 Å². The van der Waals surface area contributed by atoms with Crippen LogP contribution in [-0.4, -0.2) is 21.7 Å². The third-order valence-corrected chi connectivity index (χ3v) is 3.73. The third kappa shape index (κ3) is 2.41. The van der Waals surface area contributed by atoms with Crippen molar-refractivity contribution in [2.45, 2.75) is 12.5 Å². The number of fused-ring (bicyclic) bond motifs is 1. The smallest absolute Gasteiger partial charge is 0.269 e. The second-order valence-electron chi connectivity index (χ2n) is 5.03. The van der Waals surface area contributed by atoms with E-state index in [9.17, 15) is 20.3 Å². The molecular formula is C15H14N2O4. The van der Waals surface area contributed by atoms with Gasteiger partial charge in [-0.15, -0.1) is 0 Å². The molecule has 1 heterocycles. The monoisotopic (exact) mass is 286 g/mol. The van der Waals surface area contributed by atoms with Gasteiger partial charge in [-0.2, -0.15) is 0 Å². The molecule has 2 aromatic rings. The summed E-state index contributed by atoms with van der Waals surface area (Å²) in [5.41, 5.74) is 2.77. The van der Waals surface area contributed by atoms with E-state index >= 15 is 0 Å². The van der Waals surface area contributed by atoms with Crippen molar-refractivity contribution in [3.8, 4) is 11.5 Å². The van der Waals surface area contributed by atoms with Crippen LogP contribution in [0.1, 0.15) is 22.7 Å². The molecule has 1 atom stereocenters. The maximum atomic E-state index is 10.7. The van der Waals surface area contributed by atoms with E-state index in [-0.39, 0.29) is 23.2 Å². The normalized spacial score (nSPS) is 17.2. The molecule has 0 radical (unpaired) electrons. The fourth-order valence-electron chi connectivity index (χ4n) is 2.67. The quantitative estimate of drug-likeness (QED) is 0.447. The first-order valence-electron chi connectivity index (χ1n) is 6.59. The van der Waals surface area contributed by atoms with Crippen molar-refractivity contribution in [1.82, 2.24) is 5.32 Å². The van der Waals surface area contributed by atoms with E-state index in [1.807, 2.05) is 0 Å². The number of nitro groups is 1. The molecule has 0 amide bonds. The molecule has 1 aliphatic rings. The van der Waals surface area contributed by atoms with Crippen molar-refractivity contribution >= 4 is 5.69 Å². The topological polar surface area (TPSA) is 95.6 Å². The molecular weight excluding hydrogens is 272 g/mol. The van der Waals surface area contributed by atoms with Crippen molar-refractivity contribution in [1.29, 1.82) is 0 Å². The van der Waals surface area contributed by atoms with Crippen LogP contribution in [0.4, 0.5) is 5.69 Å². The molecule has 1 aliphatic heterocycles. The van der Waals surface area contributed by atoms with E-state index in [1.165, 1.54) is 12.1 Å². The Morgan fingerprint density at radius 1 is 1.14 bits per heavy atom. The van der Waals surface area contributed by atoms with Crippen LogP contribution in [0.5, 0.6) is 11.5 Å². The maximum absolute atomic E-state index is 10.7. The summed E-state index contributed by atoms with van der Waals surface area (Å²) >= 11 is 0. The highest BCUT2D eigenvalue weighted by molar-refractivity contribution is 5.50. The number of nitrogens with one attached hydrogen (secondary N) is 1. The minimum atomic E-state index is -0.435. The largest absolute Gasteiger partial charge is 0.504 e. The number of non-ortho nitro benzene ring substituents is 1. The number of nitrogens with zero attached hydrogens (tertiary/aromatic N) is 1. The zero-order valence-electron chi connectivity index (χ0n) is 11.1. The second-order valence-corrected chi connectivity index (χ2v) is 5.03. The minimum Gasteiger partial charge on any atom is -0.504 e. The van der Waals surface area contributed by atoms with Gasteiger partial charge in [0.05, 0.1) is 11.0 Å². The highest BCUT2D eigenvalue weighted by Crippen LogP contribution is 2.36. The van der Waals surface area contributed by atoms with E-state index in [0.717, 1.165) is 29.7 Å². The number of phenolic OH excluding ortho intramolecular Hbond substituents is 2. The average Bonchev–Trinajstić information content (AvgIpc) is 2.48. The highest BCUT2D eigenvalue weighted by Gasteiger charge is 2.23. The van der Waals surface area contributed by atoms with Gasteiger partial charge in [0.1, 0.15) is 0 Å². The predicted molar refractivity (Wildman–Crippen MR) is 76.4 cm³/mol. The molecule has 1 unspecified atom stereocenters. The summed E-state index contributed by atoms with van der Waals surface area (Å²) in [6.45, 7) is 0.735. The van der Waals surface area contributed by atoms with Crippen LogP contribution in [0, 0.1) is 10.1 Å². The molecule has 6 nitrogen and oxygen atoms in total. The molecule has 3 rings (SSSR count).